The minimum Gasteiger partial charge on any atom is -0.452 e. The lowest BCUT2D eigenvalue weighted by atomic mass is 10.4. The van der Waals surface area contributed by atoms with Crippen LogP contribution in [0.2, 0.25) is 0 Å². The van der Waals surface area contributed by atoms with Crippen LogP contribution in [-0.4, -0.2) is 36.8 Å². The van der Waals surface area contributed by atoms with E-state index in [0.29, 0.717) is 24.6 Å². The number of furan rings is 1. The molecule has 10 heteroatoms. The van der Waals surface area contributed by atoms with Crippen LogP contribution in [0.15, 0.2) is 26.4 Å². The lowest BCUT2D eigenvalue weighted by molar-refractivity contribution is 0.470. The van der Waals surface area contributed by atoms with Crippen LogP contribution in [0.25, 0.3) is 0 Å². The van der Waals surface area contributed by atoms with E-state index in [9.17, 15) is 8.42 Å². The molecule has 0 fully saturated rings. The van der Waals surface area contributed by atoms with Crippen molar-refractivity contribution in [2.24, 2.45) is 7.05 Å². The molecule has 0 aromatic carbocycles. The highest BCUT2D eigenvalue weighted by Gasteiger charge is 2.22. The highest BCUT2D eigenvalue weighted by Crippen LogP contribution is 2.25. The zero-order chi connectivity index (χ0) is 15.5. The van der Waals surface area contributed by atoms with Gasteiger partial charge in [-0.25, -0.2) is 13.1 Å². The molecule has 0 spiro atoms. The van der Waals surface area contributed by atoms with Gasteiger partial charge in [0.1, 0.15) is 22.8 Å². The first kappa shape index (κ1) is 16.1. The standard InChI is InChI=1S/C11H16BrN5O3S/c1-13-6-8-5-9(11(12)20-8)21(18,19)15-4-3-10-16-14-7-17(10)2/h5,7,13,15H,3-4,6H2,1-2H3. The van der Waals surface area contributed by atoms with Gasteiger partial charge in [-0.15, -0.1) is 10.2 Å². The van der Waals surface area contributed by atoms with Gasteiger partial charge in [-0.1, -0.05) is 0 Å². The highest BCUT2D eigenvalue weighted by atomic mass is 79.9. The van der Waals surface area contributed by atoms with E-state index in [1.165, 1.54) is 6.07 Å². The fourth-order valence-corrected chi connectivity index (χ4v) is 3.78. The van der Waals surface area contributed by atoms with E-state index in [-0.39, 0.29) is 16.1 Å². The first-order valence-electron chi connectivity index (χ1n) is 6.19. The van der Waals surface area contributed by atoms with Crippen LogP contribution in [0.1, 0.15) is 11.6 Å². The number of hydrogen-bond donors (Lipinski definition) is 2. The molecular weight excluding hydrogens is 362 g/mol. The molecule has 0 amide bonds. The molecule has 0 aliphatic carbocycles. The van der Waals surface area contributed by atoms with E-state index in [1.54, 1.807) is 25.0 Å². The van der Waals surface area contributed by atoms with Crippen LogP contribution in [0.3, 0.4) is 0 Å². The van der Waals surface area contributed by atoms with E-state index in [2.05, 4.69) is 36.2 Å². The summed E-state index contributed by atoms with van der Waals surface area (Å²) in [6.07, 6.45) is 2.02. The first-order chi connectivity index (χ1) is 9.94. The molecule has 2 N–H and O–H groups in total. The van der Waals surface area contributed by atoms with Gasteiger partial charge >= 0.3 is 0 Å². The van der Waals surface area contributed by atoms with Crippen LogP contribution in [-0.2, 0) is 30.0 Å². The molecule has 0 bridgehead atoms. The second-order valence-corrected chi connectivity index (χ2v) is 6.84. The van der Waals surface area contributed by atoms with Gasteiger partial charge in [-0.3, -0.25) is 0 Å². The van der Waals surface area contributed by atoms with E-state index >= 15 is 0 Å². The Hall–Kier alpha value is -1.23. The SMILES string of the molecule is CNCc1cc(S(=O)(=O)NCCc2nncn2C)c(Br)o1. The number of nitrogens with one attached hydrogen (secondary N) is 2. The monoisotopic (exact) mass is 377 g/mol. The van der Waals surface area contributed by atoms with Crippen molar-refractivity contribution in [2.45, 2.75) is 17.9 Å². The maximum Gasteiger partial charge on any atom is 0.244 e. The third-order valence-electron chi connectivity index (χ3n) is 2.79. The number of sulfonamides is 1. The number of rotatable bonds is 7. The quantitative estimate of drug-likeness (QED) is 0.724. The second-order valence-electron chi connectivity index (χ2n) is 4.39. The Balaban J connectivity index is 2.03. The summed E-state index contributed by atoms with van der Waals surface area (Å²) in [7, 11) is -0.0706. The molecule has 116 valence electrons. The van der Waals surface area contributed by atoms with Crippen molar-refractivity contribution in [3.05, 3.63) is 28.6 Å². The van der Waals surface area contributed by atoms with Gasteiger partial charge in [0.2, 0.25) is 10.0 Å². The van der Waals surface area contributed by atoms with Gasteiger partial charge in [0, 0.05) is 26.1 Å². The molecule has 0 saturated carbocycles. The summed E-state index contributed by atoms with van der Waals surface area (Å²) < 4.78 is 34.2. The molecule has 2 rings (SSSR count). The van der Waals surface area contributed by atoms with E-state index in [4.69, 9.17) is 4.42 Å². The van der Waals surface area contributed by atoms with E-state index < -0.39 is 10.0 Å². The van der Waals surface area contributed by atoms with Gasteiger partial charge < -0.3 is 14.3 Å². The molecule has 0 aliphatic heterocycles. The fourth-order valence-electron chi connectivity index (χ4n) is 1.75. The largest absolute Gasteiger partial charge is 0.452 e. The van der Waals surface area contributed by atoms with Gasteiger partial charge in [-0.2, -0.15) is 0 Å². The second kappa shape index (κ2) is 6.69. The van der Waals surface area contributed by atoms with Crippen molar-refractivity contribution in [2.75, 3.05) is 13.6 Å². The van der Waals surface area contributed by atoms with Crippen LogP contribution in [0.4, 0.5) is 0 Å². The average Bonchev–Trinajstić information content (AvgIpc) is 2.97. The highest BCUT2D eigenvalue weighted by molar-refractivity contribution is 9.10. The molecule has 0 aliphatic rings. The Morgan fingerprint density at radius 2 is 2.24 bits per heavy atom. The molecule has 0 saturated heterocycles. The predicted octanol–water partition coefficient (Wildman–Crippen LogP) is 0.411. The van der Waals surface area contributed by atoms with E-state index in [1.807, 2.05) is 0 Å². The topological polar surface area (TPSA) is 102 Å². The third-order valence-corrected chi connectivity index (χ3v) is 5.11. The Labute approximate surface area is 131 Å². The number of halogens is 1. The molecule has 2 heterocycles. The maximum absolute atomic E-state index is 12.2. The van der Waals surface area contributed by atoms with Gasteiger partial charge in [0.15, 0.2) is 4.67 Å². The molecule has 8 nitrogen and oxygen atoms in total. The molecule has 0 unspecified atom stereocenters. The summed E-state index contributed by atoms with van der Waals surface area (Å²) in [5, 5.41) is 10.5. The molecule has 21 heavy (non-hydrogen) atoms. The summed E-state index contributed by atoms with van der Waals surface area (Å²) in [5.41, 5.74) is 0. The third kappa shape index (κ3) is 3.90. The van der Waals surface area contributed by atoms with Crippen molar-refractivity contribution < 1.29 is 12.8 Å². The van der Waals surface area contributed by atoms with E-state index in [0.717, 1.165) is 0 Å². The van der Waals surface area contributed by atoms with Crippen molar-refractivity contribution in [1.29, 1.82) is 0 Å². The normalized spacial score (nSPS) is 12.0. The van der Waals surface area contributed by atoms with Gasteiger partial charge in [-0.05, 0) is 23.0 Å². The molecular formula is C11H16BrN5O3S. The molecule has 0 radical (unpaired) electrons. The Morgan fingerprint density at radius 3 is 2.86 bits per heavy atom. The Morgan fingerprint density at radius 1 is 1.48 bits per heavy atom. The molecule has 0 atom stereocenters. The van der Waals surface area contributed by atoms with Crippen molar-refractivity contribution in [3.63, 3.8) is 0 Å². The van der Waals surface area contributed by atoms with Crippen LogP contribution in [0, 0.1) is 0 Å². The van der Waals surface area contributed by atoms with Gasteiger partial charge in [0.25, 0.3) is 0 Å². The van der Waals surface area contributed by atoms with Crippen LogP contribution >= 0.6 is 15.9 Å². The summed E-state index contributed by atoms with van der Waals surface area (Å²) in [5.74, 6) is 1.25. The van der Waals surface area contributed by atoms with Crippen molar-refractivity contribution >= 4 is 26.0 Å². The average molecular weight is 378 g/mol. The zero-order valence-corrected chi connectivity index (χ0v) is 14.0. The summed E-state index contributed by atoms with van der Waals surface area (Å²) in [6, 6.07) is 1.49. The number of aryl methyl sites for hydroxylation is 1. The van der Waals surface area contributed by atoms with Gasteiger partial charge in [0.05, 0.1) is 6.54 Å². The Bertz CT molecular complexity index is 709. The lowest BCUT2D eigenvalue weighted by Gasteiger charge is -2.04. The fraction of sp³-hybridized carbons (Fsp3) is 0.455. The maximum atomic E-state index is 12.2. The number of aromatic nitrogens is 3. The van der Waals surface area contributed by atoms with Crippen LogP contribution < -0.4 is 10.0 Å². The van der Waals surface area contributed by atoms with Crippen molar-refractivity contribution in [1.82, 2.24) is 24.8 Å². The first-order valence-corrected chi connectivity index (χ1v) is 8.47. The molecule has 2 aromatic heterocycles. The zero-order valence-electron chi connectivity index (χ0n) is 11.6. The molecule has 2 aromatic rings. The number of hydrogen-bond acceptors (Lipinski definition) is 6. The summed E-state index contributed by atoms with van der Waals surface area (Å²) in [6.45, 7) is 0.681. The van der Waals surface area contributed by atoms with Crippen molar-refractivity contribution in [3.8, 4) is 0 Å². The summed E-state index contributed by atoms with van der Waals surface area (Å²) in [4.78, 5) is 0.0886. The predicted molar refractivity (Wildman–Crippen MR) is 79.1 cm³/mol. The lowest BCUT2D eigenvalue weighted by Crippen LogP contribution is -2.26. The smallest absolute Gasteiger partial charge is 0.244 e. The van der Waals surface area contributed by atoms with Crippen LogP contribution in [0.5, 0.6) is 0 Å². The minimum absolute atomic E-state index is 0.0886. The summed E-state index contributed by atoms with van der Waals surface area (Å²) >= 11 is 3.13. The number of nitrogens with zero attached hydrogens (tertiary/aromatic N) is 3. The minimum atomic E-state index is -3.63. The Kier molecular flexibility index (Phi) is 5.14.